The van der Waals surface area contributed by atoms with Crippen LogP contribution in [0.3, 0.4) is 0 Å². The summed E-state index contributed by atoms with van der Waals surface area (Å²) < 4.78 is 1.91. The molecule has 1 aliphatic heterocycles. The summed E-state index contributed by atoms with van der Waals surface area (Å²) in [6.07, 6.45) is 2.35. The molecule has 31 heavy (non-hydrogen) atoms. The van der Waals surface area contributed by atoms with Crippen LogP contribution in [0.2, 0.25) is 5.02 Å². The molecule has 160 valence electrons. The fraction of sp³-hybridized carbons (Fsp3) is 0.304. The lowest BCUT2D eigenvalue weighted by Gasteiger charge is -2.22. The minimum atomic E-state index is -0.383. The van der Waals surface area contributed by atoms with Crippen LogP contribution in [-0.4, -0.2) is 43.3 Å². The van der Waals surface area contributed by atoms with Crippen molar-refractivity contribution < 1.29 is 9.59 Å². The van der Waals surface area contributed by atoms with Crippen molar-refractivity contribution in [3.05, 3.63) is 64.7 Å². The van der Waals surface area contributed by atoms with Gasteiger partial charge in [0.2, 0.25) is 5.91 Å². The van der Waals surface area contributed by atoms with Gasteiger partial charge in [-0.3, -0.25) is 14.5 Å². The summed E-state index contributed by atoms with van der Waals surface area (Å²) in [5, 5.41) is 9.53. The Bertz CT molecular complexity index is 1110. The number of amides is 2. The second kappa shape index (κ2) is 9.24. The Kier molecular flexibility index (Phi) is 6.43. The monoisotopic (exact) mass is 454 g/mol. The zero-order valence-corrected chi connectivity index (χ0v) is 19.0. The van der Waals surface area contributed by atoms with Gasteiger partial charge in [-0.1, -0.05) is 54.0 Å². The summed E-state index contributed by atoms with van der Waals surface area (Å²) in [4.78, 5) is 27.6. The Labute approximate surface area is 190 Å². The number of nitrogens with zero attached hydrogens (tertiary/aromatic N) is 4. The van der Waals surface area contributed by atoms with Gasteiger partial charge in [0, 0.05) is 29.7 Å². The Hall–Kier alpha value is -2.64. The molecule has 0 radical (unpaired) electrons. The molecule has 1 saturated heterocycles. The van der Waals surface area contributed by atoms with E-state index >= 15 is 0 Å². The first-order chi connectivity index (χ1) is 15.0. The quantitative estimate of drug-likeness (QED) is 0.532. The van der Waals surface area contributed by atoms with E-state index in [0.29, 0.717) is 28.7 Å². The highest BCUT2D eigenvalue weighted by atomic mass is 35.5. The summed E-state index contributed by atoms with van der Waals surface area (Å²) in [6, 6.07) is 14.6. The third-order valence-electron chi connectivity index (χ3n) is 5.44. The maximum absolute atomic E-state index is 13.3. The van der Waals surface area contributed by atoms with Crippen LogP contribution in [0.15, 0.2) is 53.7 Å². The molecule has 1 fully saturated rings. The van der Waals surface area contributed by atoms with Crippen molar-refractivity contribution in [3.63, 3.8) is 0 Å². The number of rotatable bonds is 4. The average molecular weight is 455 g/mol. The molecule has 8 heteroatoms. The number of aryl methyl sites for hydroxylation is 1. The zero-order valence-electron chi connectivity index (χ0n) is 17.4. The molecule has 1 atom stereocenters. The van der Waals surface area contributed by atoms with Crippen LogP contribution < -0.4 is 0 Å². The van der Waals surface area contributed by atoms with E-state index in [1.54, 1.807) is 24.3 Å². The lowest BCUT2D eigenvalue weighted by molar-refractivity contribution is -0.127. The van der Waals surface area contributed by atoms with Gasteiger partial charge in [-0.25, -0.2) is 0 Å². The SMILES string of the molecule is Cc1ccccc1-c1nnc(S[C@@H]2CCCCN(C(=O)c3ccc(Cl)cc3)C2=O)n1C. The molecule has 0 unspecified atom stereocenters. The fourth-order valence-electron chi connectivity index (χ4n) is 3.67. The van der Waals surface area contributed by atoms with Crippen LogP contribution in [0.4, 0.5) is 0 Å². The smallest absolute Gasteiger partial charge is 0.260 e. The number of thioether (sulfide) groups is 1. The van der Waals surface area contributed by atoms with Gasteiger partial charge in [-0.15, -0.1) is 10.2 Å². The molecule has 6 nitrogen and oxygen atoms in total. The Morgan fingerprint density at radius 2 is 1.84 bits per heavy atom. The van der Waals surface area contributed by atoms with Crippen LogP contribution in [-0.2, 0) is 11.8 Å². The van der Waals surface area contributed by atoms with E-state index < -0.39 is 0 Å². The van der Waals surface area contributed by atoms with Crippen molar-refractivity contribution in [2.75, 3.05) is 6.54 Å². The Morgan fingerprint density at radius 3 is 2.58 bits per heavy atom. The molecule has 2 heterocycles. The van der Waals surface area contributed by atoms with E-state index in [-0.39, 0.29) is 17.1 Å². The number of hydrogen-bond acceptors (Lipinski definition) is 5. The highest BCUT2D eigenvalue weighted by Gasteiger charge is 2.33. The summed E-state index contributed by atoms with van der Waals surface area (Å²) in [5.41, 5.74) is 2.58. The number of likely N-dealkylation sites (tertiary alicyclic amines) is 1. The molecule has 2 amide bonds. The van der Waals surface area contributed by atoms with Crippen LogP contribution in [0, 0.1) is 6.92 Å². The lowest BCUT2D eigenvalue weighted by Crippen LogP contribution is -2.41. The van der Waals surface area contributed by atoms with E-state index in [0.717, 1.165) is 29.8 Å². The van der Waals surface area contributed by atoms with Crippen molar-refractivity contribution in [1.82, 2.24) is 19.7 Å². The van der Waals surface area contributed by atoms with E-state index in [1.165, 1.54) is 16.7 Å². The summed E-state index contributed by atoms with van der Waals surface area (Å²) >= 11 is 7.31. The average Bonchev–Trinajstić information content (AvgIpc) is 3.02. The first kappa shape index (κ1) is 21.6. The highest BCUT2D eigenvalue weighted by molar-refractivity contribution is 8.00. The number of aromatic nitrogens is 3. The molecule has 1 aromatic heterocycles. The van der Waals surface area contributed by atoms with E-state index in [9.17, 15) is 9.59 Å². The van der Waals surface area contributed by atoms with Crippen LogP contribution in [0.5, 0.6) is 0 Å². The van der Waals surface area contributed by atoms with Crippen LogP contribution >= 0.6 is 23.4 Å². The normalized spacial score (nSPS) is 16.9. The molecular formula is C23H23ClN4O2S. The Balaban J connectivity index is 1.56. The third kappa shape index (κ3) is 4.52. The number of halogens is 1. The van der Waals surface area contributed by atoms with Gasteiger partial charge in [0.1, 0.15) is 0 Å². The van der Waals surface area contributed by atoms with Crippen molar-refractivity contribution in [2.45, 2.75) is 36.6 Å². The van der Waals surface area contributed by atoms with Gasteiger partial charge in [0.15, 0.2) is 11.0 Å². The van der Waals surface area contributed by atoms with Gasteiger partial charge >= 0.3 is 0 Å². The van der Waals surface area contributed by atoms with Gasteiger partial charge in [-0.2, -0.15) is 0 Å². The number of hydrogen-bond donors (Lipinski definition) is 0. The molecule has 0 N–H and O–H groups in total. The molecule has 0 saturated carbocycles. The first-order valence-electron chi connectivity index (χ1n) is 10.2. The predicted octanol–water partition coefficient (Wildman–Crippen LogP) is 4.76. The number of benzene rings is 2. The van der Waals surface area contributed by atoms with Crippen LogP contribution in [0.25, 0.3) is 11.4 Å². The van der Waals surface area contributed by atoms with Gasteiger partial charge in [0.25, 0.3) is 5.91 Å². The lowest BCUT2D eigenvalue weighted by atomic mass is 10.1. The van der Waals surface area contributed by atoms with E-state index in [4.69, 9.17) is 11.6 Å². The van der Waals surface area contributed by atoms with Gasteiger partial charge in [0.05, 0.1) is 5.25 Å². The number of carbonyl (C=O) groups is 2. The Morgan fingerprint density at radius 1 is 1.10 bits per heavy atom. The molecule has 0 aliphatic carbocycles. The fourth-order valence-corrected chi connectivity index (χ4v) is 4.90. The minimum absolute atomic E-state index is 0.178. The van der Waals surface area contributed by atoms with Crippen LogP contribution in [0.1, 0.15) is 35.2 Å². The predicted molar refractivity (Wildman–Crippen MR) is 122 cm³/mol. The van der Waals surface area contributed by atoms with Crippen molar-refractivity contribution in [2.24, 2.45) is 7.05 Å². The van der Waals surface area contributed by atoms with E-state index in [1.807, 2.05) is 42.8 Å². The van der Waals surface area contributed by atoms with Crippen molar-refractivity contribution >= 4 is 35.2 Å². The second-order valence-electron chi connectivity index (χ2n) is 7.58. The minimum Gasteiger partial charge on any atom is -0.305 e. The topological polar surface area (TPSA) is 68.1 Å². The van der Waals surface area contributed by atoms with Gasteiger partial charge < -0.3 is 4.57 Å². The molecule has 1 aliphatic rings. The van der Waals surface area contributed by atoms with Crippen molar-refractivity contribution in [3.8, 4) is 11.4 Å². The largest absolute Gasteiger partial charge is 0.305 e. The molecule has 0 bridgehead atoms. The van der Waals surface area contributed by atoms with Crippen molar-refractivity contribution in [1.29, 1.82) is 0 Å². The standard InChI is InChI=1S/C23H23ClN4O2S/c1-15-7-3-4-8-18(15)20-25-26-23(27(20)2)31-19-9-5-6-14-28(22(19)30)21(29)16-10-12-17(24)13-11-16/h3-4,7-8,10-13,19H,5-6,9,14H2,1-2H3/t19-/m1/s1. The second-order valence-corrected chi connectivity index (χ2v) is 9.19. The summed E-state index contributed by atoms with van der Waals surface area (Å²) in [5.74, 6) is 0.298. The maximum Gasteiger partial charge on any atom is 0.260 e. The third-order valence-corrected chi connectivity index (χ3v) is 6.98. The highest BCUT2D eigenvalue weighted by Crippen LogP contribution is 2.32. The molecule has 0 spiro atoms. The molecule has 4 rings (SSSR count). The molecular weight excluding hydrogens is 432 g/mol. The summed E-state index contributed by atoms with van der Waals surface area (Å²) in [6.45, 7) is 2.45. The first-order valence-corrected chi connectivity index (χ1v) is 11.4. The molecule has 2 aromatic carbocycles. The zero-order chi connectivity index (χ0) is 22.0. The maximum atomic E-state index is 13.3. The van der Waals surface area contributed by atoms with Gasteiger partial charge in [-0.05, 0) is 49.6 Å². The molecule has 3 aromatic rings. The summed E-state index contributed by atoms with van der Waals surface area (Å²) in [7, 11) is 1.90. The number of imide groups is 1. The number of carbonyl (C=O) groups excluding carboxylic acids is 2. The van der Waals surface area contributed by atoms with E-state index in [2.05, 4.69) is 10.2 Å².